The number of rotatable bonds is 5. The van der Waals surface area contributed by atoms with E-state index < -0.39 is 17.5 Å². The summed E-state index contributed by atoms with van der Waals surface area (Å²) in [7, 11) is 0. The number of pyridine rings is 1. The van der Waals surface area contributed by atoms with E-state index in [2.05, 4.69) is 32.4 Å². The Morgan fingerprint density at radius 2 is 2.17 bits per heavy atom. The maximum absolute atomic E-state index is 13.1. The lowest BCUT2D eigenvalue weighted by Crippen LogP contribution is -2.34. The average molecular weight is 421 g/mol. The Labute approximate surface area is 171 Å². The Hall–Kier alpha value is -2.91. The zero-order chi connectivity index (χ0) is 21.4. The van der Waals surface area contributed by atoms with E-state index in [1.54, 1.807) is 12.1 Å². The van der Waals surface area contributed by atoms with Crippen molar-refractivity contribution in [3.05, 3.63) is 36.9 Å². The Bertz CT molecular complexity index is 945. The number of carbonyl (C=O) groups excluding carboxylic acids is 1. The van der Waals surface area contributed by atoms with Gasteiger partial charge in [0.15, 0.2) is 5.69 Å². The molecule has 160 valence electrons. The van der Waals surface area contributed by atoms with Crippen LogP contribution in [0.4, 0.5) is 18.9 Å². The smallest absolute Gasteiger partial charge is 0.391 e. The summed E-state index contributed by atoms with van der Waals surface area (Å²) in [6.07, 6.45) is 0.576. The van der Waals surface area contributed by atoms with Gasteiger partial charge in [-0.25, -0.2) is 4.98 Å². The highest BCUT2D eigenvalue weighted by molar-refractivity contribution is 5.91. The third-order valence-corrected chi connectivity index (χ3v) is 5.87. The molecule has 3 atom stereocenters. The molecule has 1 aliphatic heterocycles. The second-order valence-corrected chi connectivity index (χ2v) is 7.74. The summed E-state index contributed by atoms with van der Waals surface area (Å²) in [5, 5.41) is 14.0. The molecule has 0 bridgehead atoms. The van der Waals surface area contributed by atoms with Crippen molar-refractivity contribution in [3.8, 4) is 11.6 Å². The highest BCUT2D eigenvalue weighted by Gasteiger charge is 2.46. The fraction of sp³-hybridized carbons (Fsp3) is 0.500. The Morgan fingerprint density at radius 1 is 1.33 bits per heavy atom. The summed E-state index contributed by atoms with van der Waals surface area (Å²) >= 11 is 0. The van der Waals surface area contributed by atoms with Crippen LogP contribution < -0.4 is 10.6 Å². The second-order valence-electron chi connectivity index (χ2n) is 7.74. The molecule has 2 N–H and O–H groups in total. The molecule has 0 aromatic carbocycles. The highest BCUT2D eigenvalue weighted by Crippen LogP contribution is 2.39. The fourth-order valence-corrected chi connectivity index (χ4v) is 4.16. The first-order valence-electron chi connectivity index (χ1n) is 9.88. The number of anilines is 1. The minimum atomic E-state index is -4.19. The van der Waals surface area contributed by atoms with Crippen molar-refractivity contribution >= 4 is 11.6 Å². The van der Waals surface area contributed by atoms with Crippen molar-refractivity contribution in [1.29, 1.82) is 0 Å². The van der Waals surface area contributed by atoms with Crippen LogP contribution >= 0.6 is 0 Å². The van der Waals surface area contributed by atoms with Crippen LogP contribution in [-0.4, -0.2) is 39.9 Å². The van der Waals surface area contributed by atoms with Gasteiger partial charge in [0.25, 0.3) is 5.89 Å². The molecule has 2 aromatic heterocycles. The molecule has 10 heteroatoms. The van der Waals surface area contributed by atoms with E-state index in [1.807, 2.05) is 0 Å². The topological polar surface area (TPSA) is 92.9 Å². The summed E-state index contributed by atoms with van der Waals surface area (Å²) in [5.74, 6) is -1.36. The van der Waals surface area contributed by atoms with Gasteiger partial charge >= 0.3 is 6.18 Å². The fourth-order valence-electron chi connectivity index (χ4n) is 4.16. The molecular formula is C20H22F3N5O2. The first-order valence-corrected chi connectivity index (χ1v) is 9.88. The van der Waals surface area contributed by atoms with Gasteiger partial charge in [0.1, 0.15) is 5.41 Å². The SMILES string of the molecule is C=C[C@@]1(c2nnc(-c3ncccc3N[C@@H]3CCC[C@H](C(F)(F)F)C3)o2)CCNC1=O. The van der Waals surface area contributed by atoms with Gasteiger partial charge in [0.2, 0.25) is 11.8 Å². The predicted octanol–water partition coefficient (Wildman–Crippen LogP) is 3.61. The minimum Gasteiger partial charge on any atom is -0.418 e. The van der Waals surface area contributed by atoms with Crippen LogP contribution in [0.2, 0.25) is 0 Å². The van der Waals surface area contributed by atoms with Crippen molar-refractivity contribution in [3.63, 3.8) is 0 Å². The lowest BCUT2D eigenvalue weighted by atomic mass is 9.85. The van der Waals surface area contributed by atoms with Gasteiger partial charge in [-0.2, -0.15) is 13.2 Å². The molecule has 2 aromatic rings. The first kappa shape index (κ1) is 20.4. The Morgan fingerprint density at radius 3 is 2.87 bits per heavy atom. The summed E-state index contributed by atoms with van der Waals surface area (Å²) in [6.45, 7) is 4.21. The quantitative estimate of drug-likeness (QED) is 0.717. The lowest BCUT2D eigenvalue weighted by molar-refractivity contribution is -0.182. The van der Waals surface area contributed by atoms with E-state index in [1.165, 1.54) is 12.3 Å². The Balaban J connectivity index is 1.58. The Kier molecular flexibility index (Phi) is 5.25. The zero-order valence-electron chi connectivity index (χ0n) is 16.2. The van der Waals surface area contributed by atoms with E-state index in [4.69, 9.17) is 4.42 Å². The molecule has 1 amide bonds. The molecule has 0 spiro atoms. The number of aromatic nitrogens is 3. The molecule has 1 saturated heterocycles. The van der Waals surface area contributed by atoms with E-state index in [0.717, 1.165) is 0 Å². The molecule has 2 fully saturated rings. The summed E-state index contributed by atoms with van der Waals surface area (Å²) in [5.41, 5.74) is -0.233. The third-order valence-electron chi connectivity index (χ3n) is 5.87. The van der Waals surface area contributed by atoms with Gasteiger partial charge in [-0.1, -0.05) is 12.5 Å². The summed E-state index contributed by atoms with van der Waals surface area (Å²) in [4.78, 5) is 16.6. The maximum atomic E-state index is 13.1. The molecular weight excluding hydrogens is 399 g/mol. The normalized spacial score (nSPS) is 27.0. The zero-order valence-corrected chi connectivity index (χ0v) is 16.2. The van der Waals surface area contributed by atoms with E-state index in [-0.39, 0.29) is 36.6 Å². The van der Waals surface area contributed by atoms with Crippen LogP contribution in [0.1, 0.15) is 38.0 Å². The highest BCUT2D eigenvalue weighted by atomic mass is 19.4. The van der Waals surface area contributed by atoms with Gasteiger partial charge in [0.05, 0.1) is 11.6 Å². The number of hydrogen-bond acceptors (Lipinski definition) is 6. The third kappa shape index (κ3) is 3.66. The number of carbonyl (C=O) groups is 1. The van der Waals surface area contributed by atoms with Crippen LogP contribution in [0.3, 0.4) is 0 Å². The number of nitrogens with one attached hydrogen (secondary N) is 2. The number of halogens is 3. The largest absolute Gasteiger partial charge is 0.418 e. The molecule has 1 saturated carbocycles. The average Bonchev–Trinajstić information content (AvgIpc) is 3.35. The van der Waals surface area contributed by atoms with Gasteiger partial charge < -0.3 is 15.1 Å². The molecule has 0 unspecified atom stereocenters. The monoisotopic (exact) mass is 421 g/mol. The van der Waals surface area contributed by atoms with Gasteiger partial charge in [0, 0.05) is 18.8 Å². The number of alkyl halides is 3. The number of hydrogen-bond donors (Lipinski definition) is 2. The van der Waals surface area contributed by atoms with Crippen molar-refractivity contribution in [2.45, 2.75) is 49.7 Å². The van der Waals surface area contributed by atoms with Gasteiger partial charge in [-0.3, -0.25) is 4.79 Å². The molecule has 7 nitrogen and oxygen atoms in total. The van der Waals surface area contributed by atoms with Crippen molar-refractivity contribution in [2.75, 3.05) is 11.9 Å². The molecule has 3 heterocycles. The summed E-state index contributed by atoms with van der Waals surface area (Å²) in [6, 6.07) is 3.06. The first-order chi connectivity index (χ1) is 14.3. The molecule has 0 radical (unpaired) electrons. The molecule has 1 aliphatic carbocycles. The standard InChI is InChI=1S/C20H22F3N5O2/c1-2-19(8-10-25-17(19)29)18-28-27-16(30-18)15-14(7-4-9-24-15)26-13-6-3-5-12(11-13)20(21,22)23/h2,4,7,9,12-13,26H,1,3,5-6,8,10-11H2,(H,25,29)/t12-,13+,19+/m0/s1. The molecule has 2 aliphatic rings. The minimum absolute atomic E-state index is 0.00661. The number of amides is 1. The van der Waals surface area contributed by atoms with E-state index >= 15 is 0 Å². The summed E-state index contributed by atoms with van der Waals surface area (Å²) < 4.78 is 45.2. The van der Waals surface area contributed by atoms with Crippen LogP contribution in [0.25, 0.3) is 11.6 Å². The maximum Gasteiger partial charge on any atom is 0.391 e. The number of nitrogens with zero attached hydrogens (tertiary/aromatic N) is 3. The van der Waals surface area contributed by atoms with E-state index in [9.17, 15) is 18.0 Å². The lowest BCUT2D eigenvalue weighted by Gasteiger charge is -2.31. The van der Waals surface area contributed by atoms with Crippen LogP contribution in [0.5, 0.6) is 0 Å². The van der Waals surface area contributed by atoms with E-state index in [0.29, 0.717) is 37.2 Å². The van der Waals surface area contributed by atoms with Crippen molar-refractivity contribution < 1.29 is 22.4 Å². The predicted molar refractivity (Wildman–Crippen MR) is 102 cm³/mol. The van der Waals surface area contributed by atoms with Gasteiger partial charge in [-0.15, -0.1) is 16.8 Å². The van der Waals surface area contributed by atoms with Crippen molar-refractivity contribution in [1.82, 2.24) is 20.5 Å². The van der Waals surface area contributed by atoms with Crippen LogP contribution in [0.15, 0.2) is 35.4 Å². The van der Waals surface area contributed by atoms with Gasteiger partial charge in [-0.05, 0) is 37.8 Å². The van der Waals surface area contributed by atoms with Crippen LogP contribution in [0, 0.1) is 5.92 Å². The second kappa shape index (κ2) is 7.73. The molecule has 30 heavy (non-hydrogen) atoms. The van der Waals surface area contributed by atoms with Crippen LogP contribution in [-0.2, 0) is 10.2 Å². The van der Waals surface area contributed by atoms with Crippen molar-refractivity contribution in [2.24, 2.45) is 5.92 Å². The molecule has 4 rings (SSSR count).